The Kier molecular flexibility index (Phi) is 4.42. The number of amides is 2. The molecule has 2 amide bonds. The molecule has 0 spiro atoms. The van der Waals surface area contributed by atoms with Crippen molar-refractivity contribution in [1.29, 1.82) is 0 Å². The van der Waals surface area contributed by atoms with Crippen LogP contribution in [0.2, 0.25) is 0 Å². The molecular weight excluding hydrogens is 288 g/mol. The Bertz CT molecular complexity index is 695. The fourth-order valence-electron chi connectivity index (χ4n) is 2.78. The maximum Gasteiger partial charge on any atom is 0.227 e. The van der Waals surface area contributed by atoms with Crippen LogP contribution < -0.4 is 10.2 Å². The van der Waals surface area contributed by atoms with Crippen molar-refractivity contribution in [2.45, 2.75) is 19.9 Å². The quantitative estimate of drug-likeness (QED) is 0.944. The first-order chi connectivity index (χ1) is 11.1. The summed E-state index contributed by atoms with van der Waals surface area (Å²) in [6.07, 6.45) is 0.272. The predicted octanol–water partition coefficient (Wildman–Crippen LogP) is 2.66. The van der Waals surface area contributed by atoms with Gasteiger partial charge in [-0.15, -0.1) is 0 Å². The number of hydrogen-bond donors (Lipinski definition) is 1. The normalized spacial score (nSPS) is 17.3. The van der Waals surface area contributed by atoms with E-state index in [0.717, 1.165) is 11.3 Å². The van der Waals surface area contributed by atoms with Crippen LogP contribution in [0.3, 0.4) is 0 Å². The maximum atomic E-state index is 12.3. The van der Waals surface area contributed by atoms with Crippen LogP contribution >= 0.6 is 0 Å². The number of nitrogens with zero attached hydrogens (tertiary/aromatic N) is 1. The Morgan fingerprint density at radius 3 is 2.52 bits per heavy atom. The van der Waals surface area contributed by atoms with Crippen molar-refractivity contribution in [3.05, 3.63) is 65.7 Å². The van der Waals surface area contributed by atoms with Gasteiger partial charge in [-0.1, -0.05) is 48.0 Å². The summed E-state index contributed by atoms with van der Waals surface area (Å²) in [5, 5.41) is 2.94. The Morgan fingerprint density at radius 2 is 1.83 bits per heavy atom. The number of benzene rings is 2. The van der Waals surface area contributed by atoms with Crippen molar-refractivity contribution in [3.63, 3.8) is 0 Å². The molecule has 0 saturated carbocycles. The van der Waals surface area contributed by atoms with Crippen LogP contribution in [0.25, 0.3) is 0 Å². The summed E-state index contributed by atoms with van der Waals surface area (Å²) < 4.78 is 0. The molecule has 1 fully saturated rings. The highest BCUT2D eigenvalue weighted by atomic mass is 16.2. The average Bonchev–Trinajstić information content (AvgIpc) is 2.97. The van der Waals surface area contributed by atoms with E-state index in [2.05, 4.69) is 5.32 Å². The number of rotatable bonds is 4. The fraction of sp³-hybridized carbons (Fsp3) is 0.263. The lowest BCUT2D eigenvalue weighted by Gasteiger charge is -2.16. The molecule has 4 nitrogen and oxygen atoms in total. The van der Waals surface area contributed by atoms with Crippen LogP contribution in [-0.2, 0) is 16.1 Å². The van der Waals surface area contributed by atoms with Crippen LogP contribution in [0.1, 0.15) is 17.5 Å². The first-order valence-electron chi connectivity index (χ1n) is 7.82. The highest BCUT2D eigenvalue weighted by Gasteiger charge is 2.34. The first-order valence-corrected chi connectivity index (χ1v) is 7.82. The van der Waals surface area contributed by atoms with Crippen molar-refractivity contribution < 1.29 is 9.59 Å². The Balaban J connectivity index is 1.58. The fourth-order valence-corrected chi connectivity index (χ4v) is 2.78. The molecular formula is C19H20N2O2. The Hall–Kier alpha value is -2.62. The van der Waals surface area contributed by atoms with E-state index in [1.165, 1.54) is 5.56 Å². The second-order valence-corrected chi connectivity index (χ2v) is 5.94. The molecule has 1 unspecified atom stereocenters. The number of anilines is 1. The lowest BCUT2D eigenvalue weighted by atomic mass is 10.1. The third-order valence-corrected chi connectivity index (χ3v) is 4.15. The SMILES string of the molecule is Cc1ccc(CNC(=O)C2CC(=O)N(c3ccccc3)C2)cc1. The molecule has 0 bridgehead atoms. The second kappa shape index (κ2) is 6.65. The van der Waals surface area contributed by atoms with Crippen molar-refractivity contribution >= 4 is 17.5 Å². The van der Waals surface area contributed by atoms with Gasteiger partial charge in [0.1, 0.15) is 0 Å². The molecule has 2 aromatic rings. The van der Waals surface area contributed by atoms with Crippen molar-refractivity contribution in [2.24, 2.45) is 5.92 Å². The van der Waals surface area contributed by atoms with Gasteiger partial charge in [-0.25, -0.2) is 0 Å². The van der Waals surface area contributed by atoms with Gasteiger partial charge in [0, 0.05) is 25.2 Å². The maximum absolute atomic E-state index is 12.3. The van der Waals surface area contributed by atoms with E-state index in [-0.39, 0.29) is 24.2 Å². The molecule has 0 radical (unpaired) electrons. The van der Waals surface area contributed by atoms with Gasteiger partial charge >= 0.3 is 0 Å². The van der Waals surface area contributed by atoms with Crippen molar-refractivity contribution in [2.75, 3.05) is 11.4 Å². The van der Waals surface area contributed by atoms with E-state index in [1.54, 1.807) is 4.90 Å². The predicted molar refractivity (Wildman–Crippen MR) is 89.9 cm³/mol. The lowest BCUT2D eigenvalue weighted by Crippen LogP contribution is -2.32. The molecule has 4 heteroatoms. The van der Waals surface area contributed by atoms with Gasteiger partial charge in [-0.2, -0.15) is 0 Å². The molecule has 1 aliphatic heterocycles. The van der Waals surface area contributed by atoms with Crippen molar-refractivity contribution in [1.82, 2.24) is 5.32 Å². The van der Waals surface area contributed by atoms with Gasteiger partial charge in [0.25, 0.3) is 0 Å². The highest BCUT2D eigenvalue weighted by molar-refractivity contribution is 6.00. The number of hydrogen-bond acceptors (Lipinski definition) is 2. The Labute approximate surface area is 136 Å². The van der Waals surface area contributed by atoms with E-state index in [1.807, 2.05) is 61.5 Å². The van der Waals surface area contributed by atoms with E-state index in [9.17, 15) is 9.59 Å². The summed E-state index contributed by atoms with van der Waals surface area (Å²) in [6, 6.07) is 17.6. The van der Waals surface area contributed by atoms with E-state index >= 15 is 0 Å². The number of nitrogens with one attached hydrogen (secondary N) is 1. The lowest BCUT2D eigenvalue weighted by molar-refractivity contribution is -0.126. The molecule has 1 saturated heterocycles. The monoisotopic (exact) mass is 308 g/mol. The summed E-state index contributed by atoms with van der Waals surface area (Å²) >= 11 is 0. The minimum atomic E-state index is -0.284. The first kappa shape index (κ1) is 15.3. The van der Waals surface area contributed by atoms with Crippen LogP contribution in [-0.4, -0.2) is 18.4 Å². The van der Waals surface area contributed by atoms with Gasteiger partial charge < -0.3 is 10.2 Å². The highest BCUT2D eigenvalue weighted by Crippen LogP contribution is 2.24. The zero-order valence-corrected chi connectivity index (χ0v) is 13.2. The second-order valence-electron chi connectivity index (χ2n) is 5.94. The topological polar surface area (TPSA) is 49.4 Å². The third-order valence-electron chi connectivity index (χ3n) is 4.15. The third kappa shape index (κ3) is 3.59. The molecule has 1 heterocycles. The molecule has 3 rings (SSSR count). The van der Waals surface area contributed by atoms with Crippen LogP contribution in [0.5, 0.6) is 0 Å². The molecule has 1 N–H and O–H groups in total. The van der Waals surface area contributed by atoms with E-state index in [4.69, 9.17) is 0 Å². The summed E-state index contributed by atoms with van der Waals surface area (Å²) in [7, 11) is 0. The van der Waals surface area contributed by atoms with Crippen LogP contribution in [0.4, 0.5) is 5.69 Å². The van der Waals surface area contributed by atoms with Gasteiger partial charge in [0.2, 0.25) is 11.8 Å². The summed E-state index contributed by atoms with van der Waals surface area (Å²) in [6.45, 7) is 2.97. The molecule has 0 aromatic heterocycles. The molecule has 23 heavy (non-hydrogen) atoms. The minimum absolute atomic E-state index is 0.00619. The summed E-state index contributed by atoms with van der Waals surface area (Å²) in [4.78, 5) is 26.2. The summed E-state index contributed by atoms with van der Waals surface area (Å²) in [5.41, 5.74) is 3.11. The van der Waals surface area contributed by atoms with Crippen molar-refractivity contribution in [3.8, 4) is 0 Å². The molecule has 2 aromatic carbocycles. The van der Waals surface area contributed by atoms with Gasteiger partial charge in [0.05, 0.1) is 5.92 Å². The standard InChI is InChI=1S/C19H20N2O2/c1-14-7-9-15(10-8-14)12-20-19(23)16-11-18(22)21(13-16)17-5-3-2-4-6-17/h2-10,16H,11-13H2,1H3,(H,20,23). The number of carbonyl (C=O) groups is 2. The molecule has 0 aliphatic carbocycles. The zero-order chi connectivity index (χ0) is 16.2. The van der Waals surface area contributed by atoms with Crippen LogP contribution in [0, 0.1) is 12.8 Å². The van der Waals surface area contributed by atoms with Gasteiger partial charge in [-0.05, 0) is 24.6 Å². The number of para-hydroxylation sites is 1. The molecule has 118 valence electrons. The van der Waals surface area contributed by atoms with Crippen LogP contribution in [0.15, 0.2) is 54.6 Å². The van der Waals surface area contributed by atoms with Gasteiger partial charge in [-0.3, -0.25) is 9.59 Å². The van der Waals surface area contributed by atoms with E-state index < -0.39 is 0 Å². The zero-order valence-electron chi connectivity index (χ0n) is 13.2. The largest absolute Gasteiger partial charge is 0.352 e. The number of carbonyl (C=O) groups excluding carboxylic acids is 2. The Morgan fingerprint density at radius 1 is 1.13 bits per heavy atom. The molecule has 1 aliphatic rings. The smallest absolute Gasteiger partial charge is 0.227 e. The summed E-state index contributed by atoms with van der Waals surface area (Å²) in [5.74, 6) is -0.336. The van der Waals surface area contributed by atoms with Gasteiger partial charge in [0.15, 0.2) is 0 Å². The number of aryl methyl sites for hydroxylation is 1. The van der Waals surface area contributed by atoms with E-state index in [0.29, 0.717) is 13.1 Å². The molecule has 1 atom stereocenters. The average molecular weight is 308 g/mol. The minimum Gasteiger partial charge on any atom is -0.352 e.